The van der Waals surface area contributed by atoms with Crippen molar-refractivity contribution in [2.45, 2.75) is 52.2 Å². The molecular weight excluding hydrogens is 228 g/mol. The molecule has 18 heavy (non-hydrogen) atoms. The van der Waals surface area contributed by atoms with Gasteiger partial charge in [0.25, 0.3) is 0 Å². The molecule has 104 valence electrons. The number of ether oxygens (including phenoxy) is 1. The van der Waals surface area contributed by atoms with E-state index in [-0.39, 0.29) is 18.2 Å². The molecule has 2 atom stereocenters. The van der Waals surface area contributed by atoms with E-state index in [0.29, 0.717) is 6.61 Å². The third-order valence-corrected chi connectivity index (χ3v) is 4.24. The van der Waals surface area contributed by atoms with Crippen LogP contribution in [-0.2, 0) is 4.74 Å². The molecule has 2 unspecified atom stereocenters. The Morgan fingerprint density at radius 3 is 2.56 bits per heavy atom. The van der Waals surface area contributed by atoms with Gasteiger partial charge in [-0.1, -0.05) is 13.8 Å². The van der Waals surface area contributed by atoms with Gasteiger partial charge in [0.05, 0.1) is 18.8 Å². The molecule has 0 aromatic carbocycles. The van der Waals surface area contributed by atoms with Crippen LogP contribution >= 0.6 is 0 Å². The van der Waals surface area contributed by atoms with Crippen LogP contribution in [0.1, 0.15) is 40.0 Å². The third-order valence-electron chi connectivity index (χ3n) is 4.24. The fourth-order valence-corrected chi connectivity index (χ4v) is 2.80. The van der Waals surface area contributed by atoms with Crippen LogP contribution in [0.25, 0.3) is 0 Å². The third kappa shape index (κ3) is 2.97. The second-order valence-electron chi connectivity index (χ2n) is 5.81. The van der Waals surface area contributed by atoms with Gasteiger partial charge >= 0.3 is 6.03 Å². The lowest BCUT2D eigenvalue weighted by molar-refractivity contribution is -0.0442. The summed E-state index contributed by atoms with van der Waals surface area (Å²) in [4.78, 5) is 16.6. The second-order valence-corrected chi connectivity index (χ2v) is 5.81. The van der Waals surface area contributed by atoms with E-state index < -0.39 is 0 Å². The van der Waals surface area contributed by atoms with Crippen LogP contribution in [0.4, 0.5) is 4.79 Å². The Bertz CT molecular complexity index is 288. The molecule has 2 aliphatic rings. The first kappa shape index (κ1) is 13.7. The van der Waals surface area contributed by atoms with Gasteiger partial charge < -0.3 is 14.5 Å². The van der Waals surface area contributed by atoms with Gasteiger partial charge in [-0.05, 0) is 32.1 Å². The van der Waals surface area contributed by atoms with Crippen molar-refractivity contribution in [2.24, 2.45) is 5.92 Å². The predicted molar refractivity (Wildman–Crippen MR) is 71.6 cm³/mol. The smallest absolute Gasteiger partial charge is 0.320 e. The summed E-state index contributed by atoms with van der Waals surface area (Å²) in [5, 5.41) is 0. The van der Waals surface area contributed by atoms with E-state index in [1.54, 1.807) is 0 Å². The molecule has 0 bridgehead atoms. The number of hydrogen-bond donors (Lipinski definition) is 0. The first-order chi connectivity index (χ1) is 8.61. The van der Waals surface area contributed by atoms with Crippen LogP contribution in [0.3, 0.4) is 0 Å². The minimum Gasteiger partial charge on any atom is -0.375 e. The number of amides is 2. The summed E-state index contributed by atoms with van der Waals surface area (Å²) in [6.45, 7) is 9.71. The zero-order valence-corrected chi connectivity index (χ0v) is 11.9. The Hall–Kier alpha value is -0.770. The molecule has 0 aromatic heterocycles. The Kier molecular flexibility index (Phi) is 4.49. The van der Waals surface area contributed by atoms with Crippen LogP contribution in [0.15, 0.2) is 0 Å². The molecule has 4 nitrogen and oxygen atoms in total. The van der Waals surface area contributed by atoms with E-state index in [4.69, 9.17) is 4.74 Å². The lowest BCUT2D eigenvalue weighted by Gasteiger charge is -2.42. The van der Waals surface area contributed by atoms with E-state index in [2.05, 4.69) is 13.8 Å². The van der Waals surface area contributed by atoms with Crippen molar-refractivity contribution in [3.8, 4) is 0 Å². The summed E-state index contributed by atoms with van der Waals surface area (Å²) >= 11 is 0. The number of morpholine rings is 1. The molecule has 0 spiro atoms. The number of nitrogens with zero attached hydrogens (tertiary/aromatic N) is 2. The Labute approximate surface area is 110 Å². The molecule has 2 fully saturated rings. The highest BCUT2D eigenvalue weighted by molar-refractivity contribution is 5.75. The molecule has 2 rings (SSSR count). The maximum absolute atomic E-state index is 12.6. The first-order valence-corrected chi connectivity index (χ1v) is 7.29. The van der Waals surface area contributed by atoms with E-state index in [1.165, 1.54) is 0 Å². The van der Waals surface area contributed by atoms with Crippen molar-refractivity contribution in [1.82, 2.24) is 9.80 Å². The highest BCUT2D eigenvalue weighted by atomic mass is 16.5. The van der Waals surface area contributed by atoms with Gasteiger partial charge in [-0.2, -0.15) is 0 Å². The summed E-state index contributed by atoms with van der Waals surface area (Å²) in [6.07, 6.45) is 3.42. The molecule has 2 heterocycles. The monoisotopic (exact) mass is 254 g/mol. The molecule has 2 aliphatic heterocycles. The van der Waals surface area contributed by atoms with Crippen molar-refractivity contribution >= 4 is 6.03 Å². The second kappa shape index (κ2) is 5.91. The van der Waals surface area contributed by atoms with Crippen LogP contribution in [0.5, 0.6) is 0 Å². The number of carbonyl (C=O) groups is 1. The van der Waals surface area contributed by atoms with Gasteiger partial charge in [0.2, 0.25) is 0 Å². The summed E-state index contributed by atoms with van der Waals surface area (Å²) in [7, 11) is 0. The zero-order chi connectivity index (χ0) is 13.1. The fraction of sp³-hybridized carbons (Fsp3) is 0.929. The molecule has 2 saturated heterocycles. The minimum atomic E-state index is 0.167. The van der Waals surface area contributed by atoms with E-state index in [1.807, 2.05) is 16.7 Å². The normalized spacial score (nSPS) is 30.6. The van der Waals surface area contributed by atoms with Crippen molar-refractivity contribution in [3.05, 3.63) is 0 Å². The lowest BCUT2D eigenvalue weighted by Crippen LogP contribution is -2.56. The van der Waals surface area contributed by atoms with Gasteiger partial charge in [0.15, 0.2) is 0 Å². The Morgan fingerprint density at radius 2 is 1.94 bits per heavy atom. The van der Waals surface area contributed by atoms with Crippen LogP contribution in [0, 0.1) is 5.92 Å². The average molecular weight is 254 g/mol. The topological polar surface area (TPSA) is 32.8 Å². The highest BCUT2D eigenvalue weighted by Gasteiger charge is 2.33. The molecule has 0 N–H and O–H groups in total. The SMILES string of the molecule is CCC1COC(C)CN1C(=O)N1CCC(C)CC1. The molecular formula is C14H26N2O2. The van der Waals surface area contributed by atoms with Gasteiger partial charge in [-0.25, -0.2) is 4.79 Å². The van der Waals surface area contributed by atoms with E-state index >= 15 is 0 Å². The summed E-state index contributed by atoms with van der Waals surface area (Å²) in [5.41, 5.74) is 0. The summed E-state index contributed by atoms with van der Waals surface area (Å²) in [5.74, 6) is 0.764. The quantitative estimate of drug-likeness (QED) is 0.719. The number of carbonyl (C=O) groups excluding carboxylic acids is 1. The largest absolute Gasteiger partial charge is 0.375 e. The van der Waals surface area contributed by atoms with Gasteiger partial charge in [-0.3, -0.25) is 0 Å². The molecule has 0 radical (unpaired) electrons. The molecule has 0 aliphatic carbocycles. The number of rotatable bonds is 1. The number of piperidine rings is 1. The van der Waals surface area contributed by atoms with Gasteiger partial charge in [0, 0.05) is 19.6 Å². The average Bonchev–Trinajstić information content (AvgIpc) is 2.39. The Balaban J connectivity index is 1.97. The van der Waals surface area contributed by atoms with Crippen LogP contribution in [-0.4, -0.2) is 54.2 Å². The first-order valence-electron chi connectivity index (χ1n) is 7.29. The van der Waals surface area contributed by atoms with Gasteiger partial charge in [-0.15, -0.1) is 0 Å². The van der Waals surface area contributed by atoms with Crippen LogP contribution in [0.2, 0.25) is 0 Å². The molecule has 2 amide bonds. The fourth-order valence-electron chi connectivity index (χ4n) is 2.80. The van der Waals surface area contributed by atoms with Crippen molar-refractivity contribution in [2.75, 3.05) is 26.2 Å². The van der Waals surface area contributed by atoms with Crippen molar-refractivity contribution < 1.29 is 9.53 Å². The minimum absolute atomic E-state index is 0.167. The Morgan fingerprint density at radius 1 is 1.28 bits per heavy atom. The van der Waals surface area contributed by atoms with Crippen molar-refractivity contribution in [1.29, 1.82) is 0 Å². The van der Waals surface area contributed by atoms with Gasteiger partial charge in [0.1, 0.15) is 0 Å². The standard InChI is InChI=1S/C14H26N2O2/c1-4-13-10-18-12(3)9-16(13)14(17)15-7-5-11(2)6-8-15/h11-13H,4-10H2,1-3H3. The molecule has 4 heteroatoms. The summed E-state index contributed by atoms with van der Waals surface area (Å²) < 4.78 is 5.65. The zero-order valence-electron chi connectivity index (χ0n) is 11.9. The maximum Gasteiger partial charge on any atom is 0.320 e. The lowest BCUT2D eigenvalue weighted by atomic mass is 9.99. The number of hydrogen-bond acceptors (Lipinski definition) is 2. The molecule has 0 aromatic rings. The van der Waals surface area contributed by atoms with E-state index in [9.17, 15) is 4.79 Å². The maximum atomic E-state index is 12.6. The van der Waals surface area contributed by atoms with Crippen LogP contribution < -0.4 is 0 Å². The number of urea groups is 1. The number of likely N-dealkylation sites (tertiary alicyclic amines) is 1. The highest BCUT2D eigenvalue weighted by Crippen LogP contribution is 2.21. The molecule has 0 saturated carbocycles. The van der Waals surface area contributed by atoms with E-state index in [0.717, 1.165) is 44.8 Å². The van der Waals surface area contributed by atoms with Crippen molar-refractivity contribution in [3.63, 3.8) is 0 Å². The predicted octanol–water partition coefficient (Wildman–Crippen LogP) is 2.34. The summed E-state index contributed by atoms with van der Waals surface area (Å²) in [6, 6.07) is 0.483.